The molecule has 36 heavy (non-hydrogen) atoms. The summed E-state index contributed by atoms with van der Waals surface area (Å²) in [5, 5.41) is 10.8. The maximum Gasteiger partial charge on any atom is 0.416 e. The Morgan fingerprint density at radius 1 is 0.972 bits per heavy atom. The highest BCUT2D eigenvalue weighted by Crippen LogP contribution is 2.50. The van der Waals surface area contributed by atoms with E-state index in [1.54, 1.807) is 6.92 Å². The van der Waals surface area contributed by atoms with E-state index in [2.05, 4.69) is 20.5 Å². The molecule has 11 heteroatoms. The van der Waals surface area contributed by atoms with Gasteiger partial charge < -0.3 is 10.1 Å². The van der Waals surface area contributed by atoms with Crippen LogP contribution in [0.15, 0.2) is 48.5 Å². The smallest absolute Gasteiger partial charge is 0.371 e. The SMILES string of the molecule is Cc1n[nH]c([C@@H]2C[C@]3(c4ccccc4)N[C@H]2CC[C@H]3OCc2cc(C(F)(F)F)cc(C(F)(F)F)c2)n1. The molecule has 0 unspecified atom stereocenters. The second-order valence-electron chi connectivity index (χ2n) is 9.46. The van der Waals surface area contributed by atoms with Crippen LogP contribution in [0.25, 0.3) is 0 Å². The van der Waals surface area contributed by atoms with Gasteiger partial charge in [0.2, 0.25) is 0 Å². The summed E-state index contributed by atoms with van der Waals surface area (Å²) in [7, 11) is 0. The number of hydrogen-bond donors (Lipinski definition) is 2. The van der Waals surface area contributed by atoms with Gasteiger partial charge in [-0.1, -0.05) is 30.3 Å². The summed E-state index contributed by atoms with van der Waals surface area (Å²) in [6.45, 7) is 1.41. The van der Waals surface area contributed by atoms with Crippen LogP contribution in [0, 0.1) is 6.92 Å². The van der Waals surface area contributed by atoms with Gasteiger partial charge in [-0.2, -0.15) is 31.4 Å². The summed E-state index contributed by atoms with van der Waals surface area (Å²) in [5.74, 6) is 1.37. The number of aryl methyl sites for hydroxylation is 1. The van der Waals surface area contributed by atoms with Crippen molar-refractivity contribution < 1.29 is 31.1 Å². The Morgan fingerprint density at radius 2 is 1.64 bits per heavy atom. The summed E-state index contributed by atoms with van der Waals surface area (Å²) in [6, 6.07) is 11.2. The minimum absolute atomic E-state index is 0.00500. The van der Waals surface area contributed by atoms with Gasteiger partial charge in [-0.3, -0.25) is 5.10 Å². The molecule has 0 saturated carbocycles. The van der Waals surface area contributed by atoms with Crippen LogP contribution in [0.5, 0.6) is 0 Å². The monoisotopic (exact) mass is 510 g/mol. The summed E-state index contributed by atoms with van der Waals surface area (Å²) in [6.07, 6.45) is -8.41. The Morgan fingerprint density at radius 3 is 2.22 bits per heavy atom. The molecule has 2 fully saturated rings. The molecule has 0 spiro atoms. The van der Waals surface area contributed by atoms with Crippen LogP contribution in [-0.2, 0) is 29.2 Å². The number of rotatable bonds is 5. The van der Waals surface area contributed by atoms with E-state index in [1.165, 1.54) is 0 Å². The van der Waals surface area contributed by atoms with E-state index in [4.69, 9.17) is 4.74 Å². The van der Waals surface area contributed by atoms with E-state index in [-0.39, 0.29) is 30.2 Å². The van der Waals surface area contributed by atoms with Crippen molar-refractivity contribution in [1.29, 1.82) is 0 Å². The summed E-state index contributed by atoms with van der Waals surface area (Å²) < 4.78 is 86.0. The van der Waals surface area contributed by atoms with E-state index in [1.807, 2.05) is 30.3 Å². The first-order valence-corrected chi connectivity index (χ1v) is 11.6. The number of aromatic amines is 1. The largest absolute Gasteiger partial charge is 0.416 e. The number of hydrogen-bond acceptors (Lipinski definition) is 4. The van der Waals surface area contributed by atoms with E-state index < -0.39 is 35.1 Å². The molecule has 2 bridgehead atoms. The van der Waals surface area contributed by atoms with E-state index >= 15 is 0 Å². The minimum atomic E-state index is -4.91. The van der Waals surface area contributed by atoms with Gasteiger partial charge in [0.15, 0.2) is 0 Å². The number of piperidine rings is 1. The molecule has 1 aromatic heterocycles. The van der Waals surface area contributed by atoms with Crippen molar-refractivity contribution in [3.8, 4) is 0 Å². The molecular formula is C25H24F6N4O. The molecule has 3 aromatic rings. The summed E-state index contributed by atoms with van der Waals surface area (Å²) >= 11 is 0. The Labute approximate surface area is 203 Å². The second kappa shape index (κ2) is 8.88. The van der Waals surface area contributed by atoms with Gasteiger partial charge in [-0.25, -0.2) is 4.98 Å². The van der Waals surface area contributed by atoms with Gasteiger partial charge in [0.05, 0.1) is 29.4 Å². The molecule has 2 aliphatic heterocycles. The van der Waals surface area contributed by atoms with Crippen LogP contribution in [0.2, 0.25) is 0 Å². The lowest BCUT2D eigenvalue weighted by molar-refractivity contribution is -0.143. The van der Waals surface area contributed by atoms with Crippen LogP contribution in [0.4, 0.5) is 26.3 Å². The zero-order valence-corrected chi connectivity index (χ0v) is 19.2. The molecule has 0 radical (unpaired) electrons. The lowest BCUT2D eigenvalue weighted by Crippen LogP contribution is -2.54. The molecule has 2 aromatic carbocycles. The van der Waals surface area contributed by atoms with E-state index in [0.29, 0.717) is 25.1 Å². The molecule has 3 heterocycles. The van der Waals surface area contributed by atoms with Gasteiger partial charge in [0.1, 0.15) is 11.6 Å². The van der Waals surface area contributed by atoms with Gasteiger partial charge >= 0.3 is 12.4 Å². The van der Waals surface area contributed by atoms with Gasteiger partial charge in [-0.15, -0.1) is 0 Å². The molecule has 2 aliphatic rings. The summed E-state index contributed by atoms with van der Waals surface area (Å²) in [5.41, 5.74) is -2.61. The van der Waals surface area contributed by atoms with E-state index in [9.17, 15) is 26.3 Å². The summed E-state index contributed by atoms with van der Waals surface area (Å²) in [4.78, 5) is 4.50. The van der Waals surface area contributed by atoms with Crippen LogP contribution in [-0.4, -0.2) is 27.3 Å². The minimum Gasteiger partial charge on any atom is -0.371 e. The van der Waals surface area contributed by atoms with Crippen molar-refractivity contribution >= 4 is 0 Å². The highest BCUT2D eigenvalue weighted by Gasteiger charge is 2.55. The first-order valence-electron chi connectivity index (χ1n) is 11.6. The number of halogens is 6. The van der Waals surface area contributed by atoms with Crippen molar-refractivity contribution in [2.45, 2.75) is 68.7 Å². The van der Waals surface area contributed by atoms with Crippen LogP contribution in [0.1, 0.15) is 59.1 Å². The van der Waals surface area contributed by atoms with Crippen LogP contribution in [0.3, 0.4) is 0 Å². The normalized spacial score (nSPS) is 26.4. The van der Waals surface area contributed by atoms with Crippen LogP contribution >= 0.6 is 0 Å². The number of H-pyrrole nitrogens is 1. The maximum absolute atomic E-state index is 13.3. The molecular weight excluding hydrogens is 486 g/mol. The molecule has 192 valence electrons. The van der Waals surface area contributed by atoms with Crippen molar-refractivity contribution in [2.24, 2.45) is 0 Å². The lowest BCUT2D eigenvalue weighted by Gasteiger charge is -2.42. The Balaban J connectivity index is 1.46. The molecule has 0 aliphatic carbocycles. The standard InChI is InChI=1S/C25H24F6N4O/c1-14-32-22(35-34-14)19-12-23(16-5-3-2-4-6-16)21(8-7-20(19)33-23)36-13-15-9-17(24(26,27)28)11-18(10-15)25(29,30)31/h2-6,9-11,19-21,33H,7-8,12-13H2,1H3,(H,32,34,35)/t19-,20+,21-,23-/m1/s1. The lowest BCUT2D eigenvalue weighted by atomic mass is 9.80. The van der Waals surface area contributed by atoms with Crippen LogP contribution < -0.4 is 5.32 Å². The molecule has 5 nitrogen and oxygen atoms in total. The highest BCUT2D eigenvalue weighted by atomic mass is 19.4. The number of nitrogens with zero attached hydrogens (tertiary/aromatic N) is 2. The zero-order valence-electron chi connectivity index (χ0n) is 19.2. The van der Waals surface area contributed by atoms with Crippen molar-refractivity contribution in [1.82, 2.24) is 20.5 Å². The predicted molar refractivity (Wildman–Crippen MR) is 118 cm³/mol. The molecule has 2 saturated heterocycles. The average Bonchev–Trinajstić information content (AvgIpc) is 3.39. The number of alkyl halides is 6. The first kappa shape index (κ1) is 24.8. The fraction of sp³-hybridized carbons (Fsp3) is 0.440. The Hall–Kier alpha value is -2.92. The maximum atomic E-state index is 13.3. The second-order valence-corrected chi connectivity index (χ2v) is 9.46. The number of ether oxygens (including phenoxy) is 1. The van der Waals surface area contributed by atoms with E-state index in [0.717, 1.165) is 23.5 Å². The topological polar surface area (TPSA) is 62.8 Å². The fourth-order valence-corrected chi connectivity index (χ4v) is 5.52. The third-order valence-electron chi connectivity index (χ3n) is 7.11. The zero-order chi connectivity index (χ0) is 25.7. The van der Waals surface area contributed by atoms with Crippen molar-refractivity contribution in [3.05, 3.63) is 82.4 Å². The molecule has 5 rings (SSSR count). The molecule has 2 N–H and O–H groups in total. The quantitative estimate of drug-likeness (QED) is 0.422. The number of nitrogens with one attached hydrogen (secondary N) is 2. The third kappa shape index (κ3) is 4.61. The van der Waals surface area contributed by atoms with Crippen molar-refractivity contribution in [2.75, 3.05) is 0 Å². The molecule has 4 atom stereocenters. The average molecular weight is 510 g/mol. The first-order chi connectivity index (χ1) is 17.0. The Kier molecular flexibility index (Phi) is 6.11. The van der Waals surface area contributed by atoms with Crippen molar-refractivity contribution in [3.63, 3.8) is 0 Å². The van der Waals surface area contributed by atoms with Gasteiger partial charge in [-0.05, 0) is 55.5 Å². The van der Waals surface area contributed by atoms with Gasteiger partial charge in [0.25, 0.3) is 0 Å². The number of aromatic nitrogens is 3. The number of fused-ring (bicyclic) bond motifs is 2. The fourth-order valence-electron chi connectivity index (χ4n) is 5.52. The third-order valence-corrected chi connectivity index (χ3v) is 7.11. The predicted octanol–water partition coefficient (Wildman–Crippen LogP) is 5.87. The molecule has 0 amide bonds. The number of benzene rings is 2. The van der Waals surface area contributed by atoms with Gasteiger partial charge in [0, 0.05) is 12.0 Å². The highest BCUT2D eigenvalue weighted by molar-refractivity contribution is 5.35. The Bertz CT molecular complexity index is 1190.